The molecule has 0 aliphatic heterocycles. The topological polar surface area (TPSA) is 80.2 Å². The van der Waals surface area contributed by atoms with Gasteiger partial charge in [-0.05, 0) is 92.3 Å². The fourth-order valence-electron chi connectivity index (χ4n) is 4.35. The number of methoxy groups -OCH3 is 1. The van der Waals surface area contributed by atoms with Crippen molar-refractivity contribution < 1.29 is 19.4 Å². The monoisotopic (exact) mass is 656 g/mol. The number of aryl methyl sites for hydroxylation is 2. The molecule has 0 aliphatic rings. The number of amides is 1. The quantitative estimate of drug-likeness (QED) is 0.142. The van der Waals surface area contributed by atoms with Crippen LogP contribution in [0, 0.1) is 10.5 Å². The number of phenols is 1. The summed E-state index contributed by atoms with van der Waals surface area (Å²) in [6.07, 6.45) is 2.43. The Morgan fingerprint density at radius 2 is 1.65 bits per heavy atom. The molecule has 0 atom stereocenters. The second kappa shape index (κ2) is 13.1. The molecule has 0 heterocycles. The first kappa shape index (κ1) is 31.5. The molecule has 7 heteroatoms. The van der Waals surface area contributed by atoms with Crippen molar-refractivity contribution in [3.05, 3.63) is 85.5 Å². The zero-order valence-corrected chi connectivity index (χ0v) is 27.0. The summed E-state index contributed by atoms with van der Waals surface area (Å²) in [7, 11) is 1.61. The van der Waals surface area contributed by atoms with Crippen LogP contribution in [0.1, 0.15) is 81.3 Å². The largest absolute Gasteiger partial charge is 0.507 e. The highest BCUT2D eigenvalue weighted by molar-refractivity contribution is 14.1. The van der Waals surface area contributed by atoms with E-state index >= 15 is 0 Å². The minimum atomic E-state index is -0.216. The summed E-state index contributed by atoms with van der Waals surface area (Å²) in [5, 5.41) is 15.1. The van der Waals surface area contributed by atoms with Crippen LogP contribution in [0.5, 0.6) is 17.2 Å². The van der Waals surface area contributed by atoms with Gasteiger partial charge in [-0.1, -0.05) is 77.9 Å². The van der Waals surface area contributed by atoms with E-state index < -0.39 is 0 Å². The third-order valence-corrected chi connectivity index (χ3v) is 7.52. The smallest absolute Gasteiger partial charge is 0.240 e. The summed E-state index contributed by atoms with van der Waals surface area (Å²) in [4.78, 5) is 12.6. The molecular formula is C33H41IN2O4. The highest BCUT2D eigenvalue weighted by Crippen LogP contribution is 2.40. The molecule has 3 rings (SSSR count). The molecule has 0 bridgehead atoms. The maximum Gasteiger partial charge on any atom is 0.240 e. The van der Waals surface area contributed by atoms with Gasteiger partial charge >= 0.3 is 0 Å². The summed E-state index contributed by atoms with van der Waals surface area (Å²) in [5.74, 6) is 1.43. The first-order chi connectivity index (χ1) is 18.7. The molecule has 3 aromatic rings. The van der Waals surface area contributed by atoms with Crippen LogP contribution in [-0.2, 0) is 28.7 Å². The zero-order valence-electron chi connectivity index (χ0n) is 24.8. The van der Waals surface area contributed by atoms with E-state index in [2.05, 4.69) is 87.7 Å². The van der Waals surface area contributed by atoms with Crippen molar-refractivity contribution in [1.29, 1.82) is 0 Å². The van der Waals surface area contributed by atoms with E-state index in [9.17, 15) is 9.90 Å². The van der Waals surface area contributed by atoms with Crippen LogP contribution in [0.2, 0.25) is 0 Å². The average molecular weight is 657 g/mol. The van der Waals surface area contributed by atoms with Gasteiger partial charge < -0.3 is 14.6 Å². The third kappa shape index (κ3) is 8.22. The Hall–Kier alpha value is -3.07. The standard InChI is InChI=1S/C33H41IN2O4/c1-21-11-9-10-12-24(21)20-40-31-27(34)17-23(18-28(31)39-8)19-35-36-29(37)14-13-22-15-25(32(2,3)4)30(38)26(16-22)33(5,6)7/h9-12,15-19,38H,13-14,20H2,1-8H3,(H,36,37)/b35-19-. The lowest BCUT2D eigenvalue weighted by atomic mass is 9.78. The Labute approximate surface area is 252 Å². The summed E-state index contributed by atoms with van der Waals surface area (Å²) in [6.45, 7) is 15.0. The maximum atomic E-state index is 12.6. The number of nitrogens with one attached hydrogen (secondary N) is 1. The molecule has 3 aromatic carbocycles. The summed E-state index contributed by atoms with van der Waals surface area (Å²) >= 11 is 2.22. The fraction of sp³-hybridized carbons (Fsp3) is 0.394. The molecule has 0 radical (unpaired) electrons. The normalized spacial score (nSPS) is 12.0. The third-order valence-electron chi connectivity index (χ3n) is 6.71. The van der Waals surface area contributed by atoms with Crippen LogP contribution in [0.3, 0.4) is 0 Å². The van der Waals surface area contributed by atoms with Gasteiger partial charge in [0.2, 0.25) is 5.91 Å². The Morgan fingerprint density at radius 1 is 1.02 bits per heavy atom. The van der Waals surface area contributed by atoms with E-state index in [1.807, 2.05) is 42.5 Å². The van der Waals surface area contributed by atoms with E-state index in [1.165, 1.54) is 5.56 Å². The number of rotatable bonds is 9. The molecule has 0 saturated carbocycles. The van der Waals surface area contributed by atoms with Crippen molar-refractivity contribution in [2.24, 2.45) is 5.10 Å². The average Bonchev–Trinajstić information content (AvgIpc) is 2.86. The molecule has 0 aromatic heterocycles. The lowest BCUT2D eigenvalue weighted by Crippen LogP contribution is -2.20. The van der Waals surface area contributed by atoms with Gasteiger partial charge in [0.1, 0.15) is 12.4 Å². The molecule has 40 heavy (non-hydrogen) atoms. The molecule has 1 amide bonds. The van der Waals surface area contributed by atoms with Gasteiger partial charge in [0.25, 0.3) is 0 Å². The van der Waals surface area contributed by atoms with E-state index in [1.54, 1.807) is 13.3 Å². The lowest BCUT2D eigenvalue weighted by molar-refractivity contribution is -0.121. The zero-order chi connectivity index (χ0) is 29.7. The first-order valence-electron chi connectivity index (χ1n) is 13.4. The van der Waals surface area contributed by atoms with Gasteiger partial charge in [-0.3, -0.25) is 4.79 Å². The number of hydrogen-bond acceptors (Lipinski definition) is 5. The lowest BCUT2D eigenvalue weighted by Gasteiger charge is -2.28. The fourth-order valence-corrected chi connectivity index (χ4v) is 5.13. The van der Waals surface area contributed by atoms with Crippen LogP contribution in [0.15, 0.2) is 53.6 Å². The van der Waals surface area contributed by atoms with Crippen molar-refractivity contribution in [3.8, 4) is 17.2 Å². The second-order valence-corrected chi connectivity index (χ2v) is 13.2. The van der Waals surface area contributed by atoms with Crippen LogP contribution in [0.25, 0.3) is 0 Å². The molecule has 0 saturated heterocycles. The van der Waals surface area contributed by atoms with Crippen molar-refractivity contribution in [1.82, 2.24) is 5.43 Å². The van der Waals surface area contributed by atoms with Gasteiger partial charge in [0, 0.05) is 6.42 Å². The van der Waals surface area contributed by atoms with Gasteiger partial charge in [0.15, 0.2) is 11.5 Å². The van der Waals surface area contributed by atoms with E-state index in [4.69, 9.17) is 9.47 Å². The molecule has 214 valence electrons. The number of phenolic OH excluding ortho intramolecular Hbond substituents is 1. The highest BCUT2D eigenvalue weighted by atomic mass is 127. The number of carbonyl (C=O) groups is 1. The number of halogens is 1. The molecule has 6 nitrogen and oxygen atoms in total. The number of hydrazone groups is 1. The molecule has 0 aliphatic carbocycles. The highest BCUT2D eigenvalue weighted by Gasteiger charge is 2.26. The van der Waals surface area contributed by atoms with E-state index in [-0.39, 0.29) is 23.2 Å². The van der Waals surface area contributed by atoms with Crippen molar-refractivity contribution in [3.63, 3.8) is 0 Å². The molecule has 0 unspecified atom stereocenters. The molecule has 0 spiro atoms. The summed E-state index contributed by atoms with van der Waals surface area (Å²) in [5.41, 5.74) is 8.08. The first-order valence-corrected chi connectivity index (χ1v) is 14.5. The predicted molar refractivity (Wildman–Crippen MR) is 171 cm³/mol. The predicted octanol–water partition coefficient (Wildman–Crippen LogP) is 7.57. The molecule has 2 N–H and O–H groups in total. The SMILES string of the molecule is COc1cc(/C=N\NC(=O)CCc2cc(C(C)(C)C)c(O)c(C(C)(C)C)c2)cc(I)c1OCc1ccccc1C. The van der Waals surface area contributed by atoms with E-state index in [0.717, 1.165) is 31.4 Å². The van der Waals surface area contributed by atoms with Crippen molar-refractivity contribution in [2.75, 3.05) is 7.11 Å². The Morgan fingerprint density at radius 3 is 2.23 bits per heavy atom. The summed E-state index contributed by atoms with van der Waals surface area (Å²) in [6, 6.07) is 15.9. The Kier molecular flexibility index (Phi) is 10.3. The Balaban J connectivity index is 1.66. The summed E-state index contributed by atoms with van der Waals surface area (Å²) < 4.78 is 12.6. The number of carbonyl (C=O) groups excluding carboxylic acids is 1. The van der Waals surface area contributed by atoms with Gasteiger partial charge in [-0.15, -0.1) is 0 Å². The van der Waals surface area contributed by atoms with Crippen molar-refractivity contribution in [2.45, 2.75) is 78.7 Å². The van der Waals surface area contributed by atoms with Gasteiger partial charge in [-0.25, -0.2) is 5.43 Å². The molecular weight excluding hydrogens is 615 g/mol. The number of benzene rings is 3. The van der Waals surface area contributed by atoms with Crippen LogP contribution >= 0.6 is 22.6 Å². The number of ether oxygens (including phenoxy) is 2. The molecule has 0 fully saturated rings. The number of nitrogens with zero attached hydrogens (tertiary/aromatic N) is 1. The second-order valence-electron chi connectivity index (χ2n) is 12.1. The van der Waals surface area contributed by atoms with E-state index in [0.29, 0.717) is 30.3 Å². The van der Waals surface area contributed by atoms with Crippen LogP contribution < -0.4 is 14.9 Å². The van der Waals surface area contributed by atoms with Gasteiger partial charge in [0.05, 0.1) is 16.9 Å². The van der Waals surface area contributed by atoms with Crippen molar-refractivity contribution >= 4 is 34.7 Å². The van der Waals surface area contributed by atoms with Crippen LogP contribution in [0.4, 0.5) is 0 Å². The van der Waals surface area contributed by atoms with Gasteiger partial charge in [-0.2, -0.15) is 5.10 Å². The number of hydrogen-bond donors (Lipinski definition) is 2. The number of aromatic hydroxyl groups is 1. The van der Waals surface area contributed by atoms with Crippen LogP contribution in [-0.4, -0.2) is 24.3 Å². The maximum absolute atomic E-state index is 12.6. The minimum Gasteiger partial charge on any atom is -0.507 e. The minimum absolute atomic E-state index is 0.182. The Bertz CT molecular complexity index is 1350.